The molecule has 0 bridgehead atoms. The molecular formula is C17H15NO3. The average molecular weight is 281 g/mol. The molecule has 1 unspecified atom stereocenters. The van der Waals surface area contributed by atoms with Crippen molar-refractivity contribution in [3.05, 3.63) is 65.7 Å². The Hall–Kier alpha value is -2.62. The number of carbonyl (C=O) groups excluding carboxylic acids is 1. The fraction of sp³-hybridized carbons (Fsp3) is 0.176. The summed E-state index contributed by atoms with van der Waals surface area (Å²) in [5.41, 5.74) is 1.85. The SMILES string of the molecule is COc1ccc(CC2N=C(c3ccccc3)OC2=O)cc1. The minimum atomic E-state index is -0.478. The number of carbonyl (C=O) groups is 1. The summed E-state index contributed by atoms with van der Waals surface area (Å²) in [6, 6.07) is 16.6. The van der Waals surface area contributed by atoms with E-state index in [-0.39, 0.29) is 5.97 Å². The number of esters is 1. The summed E-state index contributed by atoms with van der Waals surface area (Å²) in [5.74, 6) is 0.894. The minimum absolute atomic E-state index is 0.301. The first-order chi connectivity index (χ1) is 10.3. The van der Waals surface area contributed by atoms with Crippen molar-refractivity contribution in [1.82, 2.24) is 0 Å². The van der Waals surface area contributed by atoms with Crippen LogP contribution in [0.15, 0.2) is 59.6 Å². The molecule has 0 fully saturated rings. The molecule has 0 amide bonds. The topological polar surface area (TPSA) is 47.9 Å². The van der Waals surface area contributed by atoms with Gasteiger partial charge in [0.25, 0.3) is 0 Å². The normalized spacial score (nSPS) is 17.3. The number of aliphatic imine (C=N–C) groups is 1. The first-order valence-electron chi connectivity index (χ1n) is 6.74. The van der Waals surface area contributed by atoms with Gasteiger partial charge in [0.05, 0.1) is 7.11 Å². The van der Waals surface area contributed by atoms with E-state index in [1.807, 2.05) is 54.6 Å². The van der Waals surface area contributed by atoms with E-state index in [9.17, 15) is 4.79 Å². The summed E-state index contributed by atoms with van der Waals surface area (Å²) in [5, 5.41) is 0. The van der Waals surface area contributed by atoms with Gasteiger partial charge in [0.2, 0.25) is 5.90 Å². The van der Waals surface area contributed by atoms with Crippen LogP contribution in [0.5, 0.6) is 5.75 Å². The van der Waals surface area contributed by atoms with Crippen LogP contribution in [0.25, 0.3) is 0 Å². The van der Waals surface area contributed by atoms with E-state index in [0.29, 0.717) is 12.3 Å². The molecule has 21 heavy (non-hydrogen) atoms. The van der Waals surface area contributed by atoms with Crippen molar-refractivity contribution < 1.29 is 14.3 Å². The molecule has 0 N–H and O–H groups in total. The van der Waals surface area contributed by atoms with Crippen molar-refractivity contribution in [1.29, 1.82) is 0 Å². The van der Waals surface area contributed by atoms with Crippen molar-refractivity contribution in [3.63, 3.8) is 0 Å². The summed E-state index contributed by atoms with van der Waals surface area (Å²) >= 11 is 0. The second-order valence-electron chi connectivity index (χ2n) is 4.79. The predicted octanol–water partition coefficient (Wildman–Crippen LogP) is 2.61. The third-order valence-electron chi connectivity index (χ3n) is 3.35. The minimum Gasteiger partial charge on any atom is -0.497 e. The van der Waals surface area contributed by atoms with Crippen LogP contribution in [0.4, 0.5) is 0 Å². The van der Waals surface area contributed by atoms with E-state index in [0.717, 1.165) is 16.9 Å². The molecule has 1 aliphatic rings. The van der Waals surface area contributed by atoms with E-state index < -0.39 is 6.04 Å². The number of hydrogen-bond acceptors (Lipinski definition) is 4. The van der Waals surface area contributed by atoms with E-state index in [1.165, 1.54) is 0 Å². The van der Waals surface area contributed by atoms with Crippen molar-refractivity contribution in [2.24, 2.45) is 4.99 Å². The number of nitrogens with zero attached hydrogens (tertiary/aromatic N) is 1. The summed E-state index contributed by atoms with van der Waals surface area (Å²) in [7, 11) is 1.62. The van der Waals surface area contributed by atoms with Crippen LogP contribution in [0, 0.1) is 0 Å². The Balaban J connectivity index is 1.76. The van der Waals surface area contributed by atoms with E-state index in [4.69, 9.17) is 9.47 Å². The van der Waals surface area contributed by atoms with E-state index >= 15 is 0 Å². The maximum atomic E-state index is 11.9. The highest BCUT2D eigenvalue weighted by atomic mass is 16.6. The van der Waals surface area contributed by atoms with Crippen LogP contribution in [-0.4, -0.2) is 25.0 Å². The Labute approximate surface area is 123 Å². The largest absolute Gasteiger partial charge is 0.497 e. The Morgan fingerprint density at radius 2 is 1.81 bits per heavy atom. The van der Waals surface area contributed by atoms with Gasteiger partial charge in [-0.2, -0.15) is 0 Å². The molecule has 0 spiro atoms. The molecule has 0 saturated carbocycles. The highest BCUT2D eigenvalue weighted by Gasteiger charge is 2.29. The quantitative estimate of drug-likeness (QED) is 0.809. The molecule has 1 atom stereocenters. The molecule has 0 radical (unpaired) electrons. The van der Waals surface area contributed by atoms with Gasteiger partial charge in [-0.25, -0.2) is 9.79 Å². The Kier molecular flexibility index (Phi) is 3.69. The first kappa shape index (κ1) is 13.4. The number of benzene rings is 2. The smallest absolute Gasteiger partial charge is 0.338 e. The van der Waals surface area contributed by atoms with Gasteiger partial charge in [-0.1, -0.05) is 30.3 Å². The zero-order valence-electron chi connectivity index (χ0n) is 11.7. The first-order valence-corrected chi connectivity index (χ1v) is 6.74. The summed E-state index contributed by atoms with van der Waals surface area (Å²) in [6.45, 7) is 0. The van der Waals surface area contributed by atoms with E-state index in [2.05, 4.69) is 4.99 Å². The molecule has 106 valence electrons. The van der Waals surface area contributed by atoms with Crippen LogP contribution in [0.2, 0.25) is 0 Å². The number of cyclic esters (lactones) is 1. The van der Waals surface area contributed by atoms with Gasteiger partial charge < -0.3 is 9.47 Å². The van der Waals surface area contributed by atoms with Gasteiger partial charge in [-0.3, -0.25) is 0 Å². The molecule has 0 aliphatic carbocycles. The lowest BCUT2D eigenvalue weighted by atomic mass is 10.1. The van der Waals surface area contributed by atoms with Crippen LogP contribution in [-0.2, 0) is 16.0 Å². The molecule has 2 aromatic carbocycles. The molecular weight excluding hydrogens is 266 g/mol. The highest BCUT2D eigenvalue weighted by molar-refractivity contribution is 6.06. The molecule has 2 aromatic rings. The fourth-order valence-corrected chi connectivity index (χ4v) is 2.21. The summed E-state index contributed by atoms with van der Waals surface area (Å²) < 4.78 is 10.4. The molecule has 4 heteroatoms. The third kappa shape index (κ3) is 2.94. The fourth-order valence-electron chi connectivity index (χ4n) is 2.21. The molecule has 4 nitrogen and oxygen atoms in total. The van der Waals surface area contributed by atoms with Gasteiger partial charge in [-0.05, 0) is 29.8 Å². The van der Waals surface area contributed by atoms with Crippen LogP contribution >= 0.6 is 0 Å². The number of ether oxygens (including phenoxy) is 2. The molecule has 1 aliphatic heterocycles. The zero-order chi connectivity index (χ0) is 14.7. The van der Waals surface area contributed by atoms with Gasteiger partial charge in [0.15, 0.2) is 6.04 Å². The van der Waals surface area contributed by atoms with E-state index in [1.54, 1.807) is 7.11 Å². The predicted molar refractivity (Wildman–Crippen MR) is 79.6 cm³/mol. The van der Waals surface area contributed by atoms with Crippen LogP contribution in [0.1, 0.15) is 11.1 Å². The Morgan fingerprint density at radius 1 is 1.10 bits per heavy atom. The molecule has 0 saturated heterocycles. The zero-order valence-corrected chi connectivity index (χ0v) is 11.7. The van der Waals surface area contributed by atoms with Gasteiger partial charge >= 0.3 is 5.97 Å². The van der Waals surface area contributed by atoms with Crippen LogP contribution < -0.4 is 4.74 Å². The van der Waals surface area contributed by atoms with Crippen molar-refractivity contribution in [3.8, 4) is 5.75 Å². The van der Waals surface area contributed by atoms with Crippen LogP contribution in [0.3, 0.4) is 0 Å². The highest BCUT2D eigenvalue weighted by Crippen LogP contribution is 2.19. The average Bonchev–Trinajstić information content (AvgIpc) is 2.90. The third-order valence-corrected chi connectivity index (χ3v) is 3.35. The maximum Gasteiger partial charge on any atom is 0.338 e. The van der Waals surface area contributed by atoms with Crippen molar-refractivity contribution in [2.75, 3.05) is 7.11 Å². The molecule has 3 rings (SSSR count). The van der Waals surface area contributed by atoms with Crippen molar-refractivity contribution in [2.45, 2.75) is 12.5 Å². The number of hydrogen-bond donors (Lipinski definition) is 0. The number of methoxy groups -OCH3 is 1. The maximum absolute atomic E-state index is 11.9. The second-order valence-corrected chi connectivity index (χ2v) is 4.79. The Bertz CT molecular complexity index is 662. The lowest BCUT2D eigenvalue weighted by Crippen LogP contribution is -2.17. The monoisotopic (exact) mass is 281 g/mol. The lowest BCUT2D eigenvalue weighted by Gasteiger charge is -2.05. The second kappa shape index (κ2) is 5.79. The van der Waals surface area contributed by atoms with Gasteiger partial charge in [0.1, 0.15) is 5.75 Å². The van der Waals surface area contributed by atoms with Gasteiger partial charge in [0, 0.05) is 12.0 Å². The Morgan fingerprint density at radius 3 is 2.48 bits per heavy atom. The van der Waals surface area contributed by atoms with Gasteiger partial charge in [-0.15, -0.1) is 0 Å². The standard InChI is InChI=1S/C17H15NO3/c1-20-14-9-7-12(8-10-14)11-15-17(19)21-16(18-15)13-5-3-2-4-6-13/h2-10,15H,11H2,1H3. The van der Waals surface area contributed by atoms with Crippen molar-refractivity contribution >= 4 is 11.9 Å². The lowest BCUT2D eigenvalue weighted by molar-refractivity contribution is -0.134. The summed E-state index contributed by atoms with van der Waals surface area (Å²) in [6.07, 6.45) is 0.527. The summed E-state index contributed by atoms with van der Waals surface area (Å²) in [4.78, 5) is 16.3. The molecule has 0 aromatic heterocycles. The molecule has 1 heterocycles. The number of rotatable bonds is 4.